The van der Waals surface area contributed by atoms with Crippen LogP contribution in [0.2, 0.25) is 0 Å². The number of aliphatic hydroxyl groups is 1. The van der Waals surface area contributed by atoms with E-state index in [0.717, 1.165) is 13.1 Å². The number of nitrogens with one attached hydrogen (secondary N) is 1. The Kier molecular flexibility index (Phi) is 4.85. The van der Waals surface area contributed by atoms with Gasteiger partial charge in [0, 0.05) is 31.7 Å². The lowest BCUT2D eigenvalue weighted by molar-refractivity contribution is -0.275. The van der Waals surface area contributed by atoms with Gasteiger partial charge in [0.25, 0.3) is 0 Å². The highest BCUT2D eigenvalue weighted by molar-refractivity contribution is 5.36. The summed E-state index contributed by atoms with van der Waals surface area (Å²) in [5.74, 6) is -0.252. The molecule has 1 aromatic carbocycles. The molecule has 0 bridgehead atoms. The van der Waals surface area contributed by atoms with E-state index < -0.39 is 12.4 Å². The van der Waals surface area contributed by atoms with E-state index in [4.69, 9.17) is 0 Å². The van der Waals surface area contributed by atoms with E-state index >= 15 is 0 Å². The largest absolute Gasteiger partial charge is 0.573 e. The maximum absolute atomic E-state index is 12.4. The van der Waals surface area contributed by atoms with Gasteiger partial charge in [0.05, 0.1) is 12.6 Å². The average Bonchev–Trinajstić information content (AvgIpc) is 2.41. The minimum atomic E-state index is -4.74. The number of hydrogen-bond donors (Lipinski definition) is 2. The molecule has 2 N–H and O–H groups in total. The summed E-state index contributed by atoms with van der Waals surface area (Å²) in [6, 6.07) is 5.47. The zero-order chi connectivity index (χ0) is 14.6. The summed E-state index contributed by atoms with van der Waals surface area (Å²) in [6.45, 7) is 2.59. The standard InChI is InChI=1S/C13H17F3N2O2/c14-13(15,16)20-12-4-2-1-3-10(12)11(9-19)18-7-5-17-6-8-18/h1-4,11,17,19H,5-9H2/t11-/m0/s1. The summed E-state index contributed by atoms with van der Waals surface area (Å²) in [4.78, 5) is 1.95. The summed E-state index contributed by atoms with van der Waals surface area (Å²) in [5, 5.41) is 12.7. The SMILES string of the molecule is OC[C@@H](c1ccccc1OC(F)(F)F)N1CCNCC1. The number of aliphatic hydroxyl groups excluding tert-OH is 1. The van der Waals surface area contributed by atoms with Crippen LogP contribution in [-0.2, 0) is 0 Å². The third kappa shape index (κ3) is 3.84. The number of halogens is 3. The molecule has 2 rings (SSSR count). The van der Waals surface area contributed by atoms with Crippen LogP contribution in [0.1, 0.15) is 11.6 Å². The minimum Gasteiger partial charge on any atom is -0.405 e. The highest BCUT2D eigenvalue weighted by atomic mass is 19.4. The lowest BCUT2D eigenvalue weighted by atomic mass is 10.0. The molecule has 4 nitrogen and oxygen atoms in total. The molecule has 7 heteroatoms. The van der Waals surface area contributed by atoms with Gasteiger partial charge < -0.3 is 15.2 Å². The van der Waals surface area contributed by atoms with Crippen LogP contribution in [0.3, 0.4) is 0 Å². The molecule has 0 amide bonds. The van der Waals surface area contributed by atoms with Crippen molar-refractivity contribution in [1.82, 2.24) is 10.2 Å². The van der Waals surface area contributed by atoms with Crippen LogP contribution in [0.4, 0.5) is 13.2 Å². The molecular formula is C13H17F3N2O2. The molecule has 0 unspecified atom stereocenters. The second-order valence-electron chi connectivity index (χ2n) is 4.57. The van der Waals surface area contributed by atoms with E-state index in [1.165, 1.54) is 12.1 Å². The highest BCUT2D eigenvalue weighted by Gasteiger charge is 2.33. The summed E-state index contributed by atoms with van der Waals surface area (Å²) in [5.41, 5.74) is 0.356. The first-order valence-electron chi connectivity index (χ1n) is 6.41. The Labute approximate surface area is 115 Å². The van der Waals surface area contributed by atoms with E-state index in [-0.39, 0.29) is 12.4 Å². The molecule has 1 fully saturated rings. The quantitative estimate of drug-likeness (QED) is 0.882. The number of nitrogens with zero attached hydrogens (tertiary/aromatic N) is 1. The van der Waals surface area contributed by atoms with Crippen molar-refractivity contribution in [2.24, 2.45) is 0 Å². The zero-order valence-electron chi connectivity index (χ0n) is 10.9. The molecule has 1 aromatic rings. The average molecular weight is 290 g/mol. The molecule has 0 radical (unpaired) electrons. The molecule has 1 heterocycles. The lowest BCUT2D eigenvalue weighted by Crippen LogP contribution is -2.46. The van der Waals surface area contributed by atoms with Crippen LogP contribution in [0.15, 0.2) is 24.3 Å². The molecule has 0 saturated carbocycles. The Morgan fingerprint density at radius 3 is 2.50 bits per heavy atom. The molecule has 1 aliphatic rings. The van der Waals surface area contributed by atoms with Gasteiger partial charge in [-0.25, -0.2) is 0 Å². The van der Waals surface area contributed by atoms with Gasteiger partial charge in [0.1, 0.15) is 5.75 Å². The van der Waals surface area contributed by atoms with Crippen molar-refractivity contribution in [2.45, 2.75) is 12.4 Å². The number of rotatable bonds is 4. The molecule has 112 valence electrons. The van der Waals surface area contributed by atoms with Crippen LogP contribution < -0.4 is 10.1 Å². The van der Waals surface area contributed by atoms with Crippen molar-refractivity contribution in [3.8, 4) is 5.75 Å². The monoisotopic (exact) mass is 290 g/mol. The number of alkyl halides is 3. The number of ether oxygens (including phenoxy) is 1. The zero-order valence-corrected chi connectivity index (χ0v) is 10.9. The predicted molar refractivity (Wildman–Crippen MR) is 67.4 cm³/mol. The second-order valence-corrected chi connectivity index (χ2v) is 4.57. The summed E-state index contributed by atoms with van der Waals surface area (Å²) in [6.07, 6.45) is -4.74. The van der Waals surface area contributed by atoms with Crippen molar-refractivity contribution >= 4 is 0 Å². The van der Waals surface area contributed by atoms with Crippen molar-refractivity contribution in [2.75, 3.05) is 32.8 Å². The first-order valence-corrected chi connectivity index (χ1v) is 6.41. The maximum Gasteiger partial charge on any atom is 0.573 e. The first-order chi connectivity index (χ1) is 9.51. The van der Waals surface area contributed by atoms with Crippen LogP contribution in [0.5, 0.6) is 5.75 Å². The normalized spacial score (nSPS) is 18.8. The highest BCUT2D eigenvalue weighted by Crippen LogP contribution is 2.32. The third-order valence-corrected chi connectivity index (χ3v) is 3.27. The third-order valence-electron chi connectivity index (χ3n) is 3.27. The predicted octanol–water partition coefficient (Wildman–Crippen LogP) is 1.52. The van der Waals surface area contributed by atoms with Gasteiger partial charge >= 0.3 is 6.36 Å². The van der Waals surface area contributed by atoms with Crippen molar-refractivity contribution in [1.29, 1.82) is 0 Å². The number of hydrogen-bond acceptors (Lipinski definition) is 4. The fourth-order valence-corrected chi connectivity index (χ4v) is 2.38. The first kappa shape index (κ1) is 15.1. The Balaban J connectivity index is 2.24. The van der Waals surface area contributed by atoms with Gasteiger partial charge in [-0.3, -0.25) is 4.90 Å². The Bertz CT molecular complexity index is 434. The molecule has 0 spiro atoms. The maximum atomic E-state index is 12.4. The van der Waals surface area contributed by atoms with Crippen molar-refractivity contribution in [3.05, 3.63) is 29.8 Å². The Hall–Kier alpha value is -1.31. The van der Waals surface area contributed by atoms with Crippen LogP contribution in [-0.4, -0.2) is 49.2 Å². The molecule has 1 atom stereocenters. The summed E-state index contributed by atoms with van der Waals surface area (Å²) in [7, 11) is 0. The molecule has 0 aliphatic carbocycles. The topological polar surface area (TPSA) is 44.7 Å². The smallest absolute Gasteiger partial charge is 0.405 e. The molecule has 20 heavy (non-hydrogen) atoms. The Morgan fingerprint density at radius 2 is 1.90 bits per heavy atom. The lowest BCUT2D eigenvalue weighted by Gasteiger charge is -2.34. The van der Waals surface area contributed by atoms with Gasteiger partial charge in [-0.05, 0) is 6.07 Å². The number of para-hydroxylation sites is 1. The molecule has 1 saturated heterocycles. The summed E-state index contributed by atoms with van der Waals surface area (Å²) >= 11 is 0. The second kappa shape index (κ2) is 6.43. The van der Waals surface area contributed by atoms with Crippen LogP contribution >= 0.6 is 0 Å². The van der Waals surface area contributed by atoms with Gasteiger partial charge in [-0.1, -0.05) is 18.2 Å². The molecule has 0 aromatic heterocycles. The van der Waals surface area contributed by atoms with Crippen LogP contribution in [0.25, 0.3) is 0 Å². The fraction of sp³-hybridized carbons (Fsp3) is 0.538. The number of piperazine rings is 1. The number of benzene rings is 1. The Morgan fingerprint density at radius 1 is 1.25 bits per heavy atom. The van der Waals surface area contributed by atoms with E-state index in [1.54, 1.807) is 12.1 Å². The molecular weight excluding hydrogens is 273 g/mol. The van der Waals surface area contributed by atoms with Crippen molar-refractivity contribution < 1.29 is 23.0 Å². The van der Waals surface area contributed by atoms with Gasteiger partial charge in [0.15, 0.2) is 0 Å². The van der Waals surface area contributed by atoms with E-state index in [9.17, 15) is 18.3 Å². The van der Waals surface area contributed by atoms with E-state index in [0.29, 0.717) is 18.7 Å². The van der Waals surface area contributed by atoms with E-state index in [1.807, 2.05) is 4.90 Å². The van der Waals surface area contributed by atoms with Crippen LogP contribution in [0, 0.1) is 0 Å². The van der Waals surface area contributed by atoms with Crippen molar-refractivity contribution in [3.63, 3.8) is 0 Å². The van der Waals surface area contributed by atoms with Gasteiger partial charge in [-0.15, -0.1) is 13.2 Å². The summed E-state index contributed by atoms with van der Waals surface area (Å²) < 4.78 is 41.3. The molecule has 1 aliphatic heterocycles. The van der Waals surface area contributed by atoms with E-state index in [2.05, 4.69) is 10.1 Å². The van der Waals surface area contributed by atoms with Gasteiger partial charge in [-0.2, -0.15) is 0 Å². The minimum absolute atomic E-state index is 0.252. The van der Waals surface area contributed by atoms with Gasteiger partial charge in [0.2, 0.25) is 0 Å². The fourth-order valence-electron chi connectivity index (χ4n) is 2.38.